The van der Waals surface area contributed by atoms with E-state index in [1.807, 2.05) is 5.32 Å². The molecule has 0 aliphatic heterocycles. The SMILES string of the molecule is O=C(O)C[C@@H](NC(=O)c1ccno1)C(=O)O. The van der Waals surface area contributed by atoms with E-state index in [1.165, 1.54) is 12.3 Å². The molecule has 0 radical (unpaired) electrons. The number of carbonyl (C=O) groups excluding carboxylic acids is 1. The third kappa shape index (κ3) is 3.08. The van der Waals surface area contributed by atoms with Crippen LogP contribution in [0.1, 0.15) is 17.0 Å². The van der Waals surface area contributed by atoms with Crippen molar-refractivity contribution in [2.24, 2.45) is 0 Å². The third-order valence-corrected chi connectivity index (χ3v) is 1.64. The van der Waals surface area contributed by atoms with Crippen LogP contribution >= 0.6 is 0 Å². The van der Waals surface area contributed by atoms with E-state index < -0.39 is 30.3 Å². The number of carboxylic acid groups (broad SMARTS) is 2. The second kappa shape index (κ2) is 4.91. The summed E-state index contributed by atoms with van der Waals surface area (Å²) < 4.78 is 4.48. The lowest BCUT2D eigenvalue weighted by Gasteiger charge is -2.10. The topological polar surface area (TPSA) is 130 Å². The maximum absolute atomic E-state index is 11.3. The van der Waals surface area contributed by atoms with Gasteiger partial charge in [0, 0.05) is 6.07 Å². The first kappa shape index (κ1) is 11.7. The minimum atomic E-state index is -1.50. The van der Waals surface area contributed by atoms with Crippen molar-refractivity contribution in [1.29, 1.82) is 0 Å². The second-order valence-corrected chi connectivity index (χ2v) is 2.84. The van der Waals surface area contributed by atoms with Gasteiger partial charge in [-0.25, -0.2) is 4.79 Å². The van der Waals surface area contributed by atoms with Crippen LogP contribution in [-0.4, -0.2) is 39.3 Å². The quantitative estimate of drug-likeness (QED) is 0.609. The number of carboxylic acids is 2. The molecule has 0 spiro atoms. The van der Waals surface area contributed by atoms with Gasteiger partial charge in [0.1, 0.15) is 6.04 Å². The minimum Gasteiger partial charge on any atom is -0.481 e. The molecule has 1 aromatic rings. The average molecular weight is 228 g/mol. The van der Waals surface area contributed by atoms with Crippen LogP contribution in [0, 0.1) is 0 Å². The van der Waals surface area contributed by atoms with Gasteiger partial charge in [0.2, 0.25) is 5.76 Å². The molecule has 0 bridgehead atoms. The van der Waals surface area contributed by atoms with Gasteiger partial charge >= 0.3 is 11.9 Å². The summed E-state index contributed by atoms with van der Waals surface area (Å²) in [5.74, 6) is -3.77. The third-order valence-electron chi connectivity index (χ3n) is 1.64. The normalized spacial score (nSPS) is 11.8. The molecule has 0 aliphatic rings. The Labute approximate surface area is 88.8 Å². The van der Waals surface area contributed by atoms with Crippen LogP contribution < -0.4 is 5.32 Å². The average Bonchev–Trinajstić information content (AvgIpc) is 2.68. The van der Waals surface area contributed by atoms with Gasteiger partial charge in [-0.05, 0) is 0 Å². The molecule has 1 aromatic heterocycles. The lowest BCUT2D eigenvalue weighted by Crippen LogP contribution is -2.42. The molecule has 1 heterocycles. The van der Waals surface area contributed by atoms with Crippen molar-refractivity contribution in [2.75, 3.05) is 0 Å². The van der Waals surface area contributed by atoms with Gasteiger partial charge < -0.3 is 20.1 Å². The maximum Gasteiger partial charge on any atom is 0.326 e. The number of aromatic nitrogens is 1. The van der Waals surface area contributed by atoms with Gasteiger partial charge in [-0.2, -0.15) is 0 Å². The highest BCUT2D eigenvalue weighted by atomic mass is 16.5. The zero-order chi connectivity index (χ0) is 12.1. The van der Waals surface area contributed by atoms with Crippen molar-refractivity contribution in [3.05, 3.63) is 18.0 Å². The molecular weight excluding hydrogens is 220 g/mol. The Hall–Kier alpha value is -2.38. The zero-order valence-corrected chi connectivity index (χ0v) is 7.91. The molecule has 0 saturated heterocycles. The van der Waals surface area contributed by atoms with Gasteiger partial charge in [-0.1, -0.05) is 5.16 Å². The van der Waals surface area contributed by atoms with E-state index in [0.717, 1.165) is 0 Å². The van der Waals surface area contributed by atoms with Gasteiger partial charge in [-0.15, -0.1) is 0 Å². The predicted octanol–water partition coefficient (Wildman–Crippen LogP) is -0.668. The summed E-state index contributed by atoms with van der Waals surface area (Å²) in [6.07, 6.45) is 0.497. The largest absolute Gasteiger partial charge is 0.481 e. The van der Waals surface area contributed by atoms with Crippen molar-refractivity contribution in [3.63, 3.8) is 0 Å². The molecule has 0 fully saturated rings. The highest BCUT2D eigenvalue weighted by Gasteiger charge is 2.24. The standard InChI is InChI=1S/C8H8N2O6/c11-6(12)3-4(8(14)15)10-7(13)5-1-2-9-16-5/h1-2,4H,3H2,(H,10,13)(H,11,12)(H,14,15)/t4-/m1/s1. The van der Waals surface area contributed by atoms with Crippen LogP contribution in [0.25, 0.3) is 0 Å². The fourth-order valence-corrected chi connectivity index (χ4v) is 0.937. The number of hydrogen-bond acceptors (Lipinski definition) is 5. The predicted molar refractivity (Wildman–Crippen MR) is 47.6 cm³/mol. The van der Waals surface area contributed by atoms with Crippen LogP contribution in [0.2, 0.25) is 0 Å². The fourth-order valence-electron chi connectivity index (χ4n) is 0.937. The fraction of sp³-hybridized carbons (Fsp3) is 0.250. The summed E-state index contributed by atoms with van der Waals surface area (Å²) in [7, 11) is 0. The first-order valence-electron chi connectivity index (χ1n) is 4.17. The molecule has 0 unspecified atom stereocenters. The number of rotatable bonds is 5. The van der Waals surface area contributed by atoms with Crippen LogP contribution in [0.5, 0.6) is 0 Å². The molecule has 86 valence electrons. The highest BCUT2D eigenvalue weighted by Crippen LogP contribution is 1.99. The molecule has 8 nitrogen and oxygen atoms in total. The number of aliphatic carboxylic acids is 2. The minimum absolute atomic E-state index is 0.184. The lowest BCUT2D eigenvalue weighted by atomic mass is 10.2. The van der Waals surface area contributed by atoms with E-state index >= 15 is 0 Å². The van der Waals surface area contributed by atoms with Crippen molar-refractivity contribution in [2.45, 2.75) is 12.5 Å². The lowest BCUT2D eigenvalue weighted by molar-refractivity contribution is -0.145. The maximum atomic E-state index is 11.3. The van der Waals surface area contributed by atoms with Crippen LogP contribution in [-0.2, 0) is 9.59 Å². The van der Waals surface area contributed by atoms with Crippen molar-refractivity contribution in [3.8, 4) is 0 Å². The molecule has 0 aromatic carbocycles. The zero-order valence-electron chi connectivity index (χ0n) is 7.91. The Bertz CT molecular complexity index is 399. The summed E-state index contributed by atoms with van der Waals surface area (Å²) >= 11 is 0. The first-order valence-corrected chi connectivity index (χ1v) is 4.17. The van der Waals surface area contributed by atoms with Gasteiger partial charge in [0.15, 0.2) is 0 Å². The Morgan fingerprint density at radius 3 is 2.56 bits per heavy atom. The van der Waals surface area contributed by atoms with Crippen LogP contribution in [0.15, 0.2) is 16.8 Å². The van der Waals surface area contributed by atoms with E-state index in [4.69, 9.17) is 10.2 Å². The number of amides is 1. The van der Waals surface area contributed by atoms with Gasteiger partial charge in [0.05, 0.1) is 12.6 Å². The first-order chi connectivity index (χ1) is 7.50. The Morgan fingerprint density at radius 2 is 2.12 bits per heavy atom. The summed E-state index contributed by atoms with van der Waals surface area (Å²) in [5, 5.41) is 22.3. The molecule has 0 saturated carbocycles. The Balaban J connectivity index is 2.65. The van der Waals surface area contributed by atoms with Crippen molar-refractivity contribution in [1.82, 2.24) is 10.5 Å². The Kier molecular flexibility index (Phi) is 3.59. The molecule has 0 aliphatic carbocycles. The monoisotopic (exact) mass is 228 g/mol. The smallest absolute Gasteiger partial charge is 0.326 e. The number of nitrogens with one attached hydrogen (secondary N) is 1. The molecule has 8 heteroatoms. The summed E-state index contributed by atoms with van der Waals surface area (Å²) in [5.41, 5.74) is 0. The summed E-state index contributed by atoms with van der Waals surface area (Å²) in [4.78, 5) is 32.2. The number of nitrogens with zero attached hydrogens (tertiary/aromatic N) is 1. The molecule has 3 N–H and O–H groups in total. The molecule has 16 heavy (non-hydrogen) atoms. The number of carbonyl (C=O) groups is 3. The van der Waals surface area contributed by atoms with E-state index in [1.54, 1.807) is 0 Å². The van der Waals surface area contributed by atoms with Crippen molar-refractivity contribution < 1.29 is 29.1 Å². The molecular formula is C8H8N2O6. The van der Waals surface area contributed by atoms with Gasteiger partial charge in [0.25, 0.3) is 5.91 Å². The van der Waals surface area contributed by atoms with Gasteiger partial charge in [-0.3, -0.25) is 9.59 Å². The highest BCUT2D eigenvalue weighted by molar-refractivity contribution is 5.95. The van der Waals surface area contributed by atoms with Crippen LogP contribution in [0.3, 0.4) is 0 Å². The van der Waals surface area contributed by atoms with E-state index in [0.29, 0.717) is 0 Å². The van der Waals surface area contributed by atoms with E-state index in [-0.39, 0.29) is 5.76 Å². The second-order valence-electron chi connectivity index (χ2n) is 2.84. The Morgan fingerprint density at radius 1 is 1.44 bits per heavy atom. The molecule has 1 amide bonds. The summed E-state index contributed by atoms with van der Waals surface area (Å²) in [6.45, 7) is 0. The van der Waals surface area contributed by atoms with E-state index in [9.17, 15) is 14.4 Å². The summed E-state index contributed by atoms with van der Waals surface area (Å²) in [6, 6.07) is -0.273. The van der Waals surface area contributed by atoms with E-state index in [2.05, 4.69) is 9.68 Å². The molecule has 1 rings (SSSR count). The molecule has 1 atom stereocenters. The number of hydrogen-bond donors (Lipinski definition) is 3. The van der Waals surface area contributed by atoms with Crippen LogP contribution in [0.4, 0.5) is 0 Å². The van der Waals surface area contributed by atoms with Crippen molar-refractivity contribution >= 4 is 17.8 Å².